The number of hydrogen-bond acceptors (Lipinski definition) is 1. The molecule has 1 aliphatic rings. The Balaban J connectivity index is 1.97. The van der Waals surface area contributed by atoms with Gasteiger partial charge in [-0.1, -0.05) is 40.9 Å². The van der Waals surface area contributed by atoms with E-state index in [9.17, 15) is 4.79 Å². The number of amides is 1. The summed E-state index contributed by atoms with van der Waals surface area (Å²) in [6.45, 7) is 0. The molecule has 1 aliphatic carbocycles. The molecule has 0 aromatic heterocycles. The predicted molar refractivity (Wildman–Crippen MR) is 68.8 cm³/mol. The van der Waals surface area contributed by atoms with Crippen molar-refractivity contribution in [1.82, 2.24) is 5.32 Å². The monoisotopic (exact) mass is 281 g/mol. The summed E-state index contributed by atoms with van der Waals surface area (Å²) in [5.74, 6) is 0.0630. The highest BCUT2D eigenvalue weighted by Gasteiger charge is 2.17. The molecule has 1 N–H and O–H groups in total. The lowest BCUT2D eigenvalue weighted by molar-refractivity contribution is 0.0938. The van der Waals surface area contributed by atoms with Crippen LogP contribution in [0.2, 0.25) is 0 Å². The largest absolute Gasteiger partial charge is 0.349 e. The Morgan fingerprint density at radius 2 is 1.88 bits per heavy atom. The first-order chi connectivity index (χ1) is 7.79. The molecule has 16 heavy (non-hydrogen) atoms. The third-order valence-electron chi connectivity index (χ3n) is 3.06. The van der Waals surface area contributed by atoms with Crippen molar-refractivity contribution in [2.75, 3.05) is 0 Å². The fourth-order valence-corrected chi connectivity index (χ4v) is 2.46. The van der Waals surface area contributed by atoms with Gasteiger partial charge in [0.25, 0.3) is 5.91 Å². The van der Waals surface area contributed by atoms with Gasteiger partial charge >= 0.3 is 0 Å². The molecule has 0 unspecified atom stereocenters. The molecule has 1 fully saturated rings. The second-order valence-electron chi connectivity index (χ2n) is 4.29. The summed E-state index contributed by atoms with van der Waals surface area (Å²) >= 11 is 3.39. The number of halogens is 1. The topological polar surface area (TPSA) is 29.1 Å². The van der Waals surface area contributed by atoms with E-state index in [-0.39, 0.29) is 5.91 Å². The van der Waals surface area contributed by atoms with Crippen LogP contribution in [0.3, 0.4) is 0 Å². The van der Waals surface area contributed by atoms with Gasteiger partial charge in [0, 0.05) is 16.9 Å². The Labute approximate surface area is 105 Å². The predicted octanol–water partition coefficient (Wildman–Crippen LogP) is 3.25. The van der Waals surface area contributed by atoms with Crippen LogP contribution in [0.4, 0.5) is 0 Å². The average Bonchev–Trinajstić information content (AvgIpc) is 2.82. The number of rotatable bonds is 3. The van der Waals surface area contributed by atoms with Gasteiger partial charge < -0.3 is 5.32 Å². The molecule has 0 aliphatic heterocycles. The molecule has 0 radical (unpaired) electrons. The average molecular weight is 282 g/mol. The van der Waals surface area contributed by atoms with Crippen LogP contribution >= 0.6 is 15.9 Å². The molecule has 1 saturated carbocycles. The molecule has 86 valence electrons. The first kappa shape index (κ1) is 11.6. The Kier molecular flexibility index (Phi) is 3.99. The Hall–Kier alpha value is -0.830. The fourth-order valence-electron chi connectivity index (χ4n) is 2.08. The highest BCUT2D eigenvalue weighted by atomic mass is 79.9. The molecule has 2 nitrogen and oxygen atoms in total. The third kappa shape index (κ3) is 2.85. The van der Waals surface area contributed by atoms with Gasteiger partial charge in [0.1, 0.15) is 0 Å². The summed E-state index contributed by atoms with van der Waals surface area (Å²) in [6, 6.07) is 8.14. The third-order valence-corrected chi connectivity index (χ3v) is 3.71. The standard InChI is InChI=1S/C13H16BrNO/c14-9-10-5-7-11(8-6-10)13(16)15-12-3-1-2-4-12/h5-8,12H,1-4,9H2,(H,15,16). The van der Waals surface area contributed by atoms with Crippen molar-refractivity contribution in [3.8, 4) is 0 Å². The van der Waals surface area contributed by atoms with E-state index in [0.717, 1.165) is 23.7 Å². The molecule has 0 heterocycles. The van der Waals surface area contributed by atoms with E-state index in [0.29, 0.717) is 6.04 Å². The van der Waals surface area contributed by atoms with Gasteiger partial charge in [-0.25, -0.2) is 0 Å². The molecule has 1 amide bonds. The molecule has 1 aromatic carbocycles. The van der Waals surface area contributed by atoms with Crippen molar-refractivity contribution < 1.29 is 4.79 Å². The lowest BCUT2D eigenvalue weighted by Gasteiger charge is -2.11. The maximum atomic E-state index is 11.9. The minimum Gasteiger partial charge on any atom is -0.349 e. The molecule has 2 rings (SSSR count). The normalized spacial score (nSPS) is 16.3. The van der Waals surface area contributed by atoms with Crippen LogP contribution in [0.1, 0.15) is 41.6 Å². The van der Waals surface area contributed by atoms with Crippen molar-refractivity contribution in [1.29, 1.82) is 0 Å². The zero-order valence-electron chi connectivity index (χ0n) is 9.21. The van der Waals surface area contributed by atoms with Crippen LogP contribution in [-0.4, -0.2) is 11.9 Å². The van der Waals surface area contributed by atoms with Crippen molar-refractivity contribution in [2.45, 2.75) is 37.1 Å². The molecule has 0 bridgehead atoms. The number of alkyl halides is 1. The summed E-state index contributed by atoms with van der Waals surface area (Å²) in [4.78, 5) is 11.9. The zero-order valence-corrected chi connectivity index (χ0v) is 10.8. The van der Waals surface area contributed by atoms with Crippen LogP contribution in [0, 0.1) is 0 Å². The number of nitrogens with one attached hydrogen (secondary N) is 1. The molecule has 0 saturated heterocycles. The smallest absolute Gasteiger partial charge is 0.251 e. The second-order valence-corrected chi connectivity index (χ2v) is 4.85. The van der Waals surface area contributed by atoms with Crippen molar-refractivity contribution in [3.05, 3.63) is 35.4 Å². The number of carbonyl (C=O) groups is 1. The van der Waals surface area contributed by atoms with Crippen LogP contribution < -0.4 is 5.32 Å². The maximum Gasteiger partial charge on any atom is 0.251 e. The number of hydrogen-bond donors (Lipinski definition) is 1. The van der Waals surface area contributed by atoms with Crippen LogP contribution in [0.15, 0.2) is 24.3 Å². The van der Waals surface area contributed by atoms with Gasteiger partial charge in [0.05, 0.1) is 0 Å². The minimum absolute atomic E-state index is 0.0630. The van der Waals surface area contributed by atoms with Gasteiger partial charge in [0.2, 0.25) is 0 Å². The van der Waals surface area contributed by atoms with E-state index < -0.39 is 0 Å². The van der Waals surface area contributed by atoms with Crippen LogP contribution in [0.5, 0.6) is 0 Å². The van der Waals surface area contributed by atoms with Crippen LogP contribution in [-0.2, 0) is 5.33 Å². The quantitative estimate of drug-likeness (QED) is 0.847. The molecular weight excluding hydrogens is 266 g/mol. The summed E-state index contributed by atoms with van der Waals surface area (Å²) in [5.41, 5.74) is 1.95. The Morgan fingerprint density at radius 3 is 2.44 bits per heavy atom. The first-order valence-corrected chi connectivity index (χ1v) is 6.87. The number of benzene rings is 1. The van der Waals surface area contributed by atoms with E-state index in [1.165, 1.54) is 18.4 Å². The molecular formula is C13H16BrNO. The molecule has 1 aromatic rings. The Bertz CT molecular complexity index is 355. The second kappa shape index (κ2) is 5.48. The van der Waals surface area contributed by atoms with E-state index >= 15 is 0 Å². The lowest BCUT2D eigenvalue weighted by Crippen LogP contribution is -2.32. The van der Waals surface area contributed by atoms with E-state index in [1.807, 2.05) is 24.3 Å². The highest BCUT2D eigenvalue weighted by Crippen LogP contribution is 2.18. The summed E-state index contributed by atoms with van der Waals surface area (Å²) in [6.07, 6.45) is 4.75. The van der Waals surface area contributed by atoms with Crippen molar-refractivity contribution >= 4 is 21.8 Å². The maximum absolute atomic E-state index is 11.9. The molecule has 0 spiro atoms. The van der Waals surface area contributed by atoms with E-state index in [4.69, 9.17) is 0 Å². The molecule has 3 heteroatoms. The van der Waals surface area contributed by atoms with Crippen molar-refractivity contribution in [2.24, 2.45) is 0 Å². The van der Waals surface area contributed by atoms with Gasteiger partial charge in [0.15, 0.2) is 0 Å². The van der Waals surface area contributed by atoms with Crippen molar-refractivity contribution in [3.63, 3.8) is 0 Å². The molecule has 0 atom stereocenters. The lowest BCUT2D eigenvalue weighted by atomic mass is 10.1. The summed E-state index contributed by atoms with van der Waals surface area (Å²) < 4.78 is 0. The van der Waals surface area contributed by atoms with Gasteiger partial charge in [-0.3, -0.25) is 4.79 Å². The van der Waals surface area contributed by atoms with Gasteiger partial charge in [-0.2, -0.15) is 0 Å². The highest BCUT2D eigenvalue weighted by molar-refractivity contribution is 9.08. The Morgan fingerprint density at radius 1 is 1.25 bits per heavy atom. The first-order valence-electron chi connectivity index (χ1n) is 5.75. The SMILES string of the molecule is O=C(NC1CCCC1)c1ccc(CBr)cc1. The fraction of sp³-hybridized carbons (Fsp3) is 0.462. The van der Waals surface area contributed by atoms with E-state index in [2.05, 4.69) is 21.2 Å². The van der Waals surface area contributed by atoms with Gasteiger partial charge in [-0.15, -0.1) is 0 Å². The zero-order chi connectivity index (χ0) is 11.4. The number of carbonyl (C=O) groups excluding carboxylic acids is 1. The minimum atomic E-state index is 0.0630. The summed E-state index contributed by atoms with van der Waals surface area (Å²) in [7, 11) is 0. The van der Waals surface area contributed by atoms with Crippen LogP contribution in [0.25, 0.3) is 0 Å². The van der Waals surface area contributed by atoms with Gasteiger partial charge in [-0.05, 0) is 30.5 Å². The summed E-state index contributed by atoms with van der Waals surface area (Å²) in [5, 5.41) is 3.91. The van der Waals surface area contributed by atoms with E-state index in [1.54, 1.807) is 0 Å².